The van der Waals surface area contributed by atoms with Gasteiger partial charge in [-0.15, -0.1) is 0 Å². The van der Waals surface area contributed by atoms with E-state index in [4.69, 9.17) is 4.42 Å². The lowest BCUT2D eigenvalue weighted by Gasteiger charge is -2.36. The highest BCUT2D eigenvalue weighted by molar-refractivity contribution is 7.89. The maximum Gasteiger partial charge on any atom is 0.254 e. The molecule has 1 aromatic carbocycles. The molecular formula is C23H23N5O4S. The van der Waals surface area contributed by atoms with Crippen LogP contribution in [0.5, 0.6) is 0 Å². The second-order valence-electron chi connectivity index (χ2n) is 7.65. The fourth-order valence-electron chi connectivity index (χ4n) is 3.69. The van der Waals surface area contributed by atoms with Gasteiger partial charge < -0.3 is 14.2 Å². The standard InChI is InChI=1S/C23H23N5O4S/c1-17-6-7-20(33(30,31)26-16-19-5-3-13-32-19)14-21(17)23(29)28-11-9-27(10-12-28)22-18(15-24)4-2-8-25-22/h2-8,13-14,26H,9-12,16H2,1H3. The molecule has 0 unspecified atom stereocenters. The van der Waals surface area contributed by atoms with E-state index in [1.165, 1.54) is 18.4 Å². The van der Waals surface area contributed by atoms with E-state index in [1.807, 2.05) is 4.90 Å². The molecule has 33 heavy (non-hydrogen) atoms. The second-order valence-corrected chi connectivity index (χ2v) is 9.41. The summed E-state index contributed by atoms with van der Waals surface area (Å²) in [7, 11) is -3.82. The van der Waals surface area contributed by atoms with Crippen molar-refractivity contribution in [3.8, 4) is 6.07 Å². The number of carbonyl (C=O) groups is 1. The molecule has 2 aromatic heterocycles. The zero-order chi connectivity index (χ0) is 23.4. The van der Waals surface area contributed by atoms with Crippen LogP contribution in [0.2, 0.25) is 0 Å². The predicted molar refractivity (Wildman–Crippen MR) is 121 cm³/mol. The molecule has 10 heteroatoms. The van der Waals surface area contributed by atoms with E-state index in [0.29, 0.717) is 54.4 Å². The first-order chi connectivity index (χ1) is 15.9. The van der Waals surface area contributed by atoms with Gasteiger partial charge in [-0.1, -0.05) is 6.07 Å². The Morgan fingerprint density at radius 1 is 1.18 bits per heavy atom. The molecule has 1 saturated heterocycles. The van der Waals surface area contributed by atoms with Crippen molar-refractivity contribution in [1.29, 1.82) is 5.26 Å². The van der Waals surface area contributed by atoms with Crippen LogP contribution in [0.25, 0.3) is 0 Å². The van der Waals surface area contributed by atoms with Crippen LogP contribution in [-0.2, 0) is 16.6 Å². The number of pyridine rings is 1. The Morgan fingerprint density at radius 3 is 2.67 bits per heavy atom. The van der Waals surface area contributed by atoms with Gasteiger partial charge in [0, 0.05) is 37.9 Å². The van der Waals surface area contributed by atoms with Crippen LogP contribution in [0, 0.1) is 18.3 Å². The van der Waals surface area contributed by atoms with Gasteiger partial charge in [0.15, 0.2) is 0 Å². The lowest BCUT2D eigenvalue weighted by atomic mass is 10.1. The number of hydrogen-bond acceptors (Lipinski definition) is 7. The molecule has 9 nitrogen and oxygen atoms in total. The Bertz CT molecular complexity index is 1290. The van der Waals surface area contributed by atoms with E-state index in [-0.39, 0.29) is 17.3 Å². The number of nitrogens with zero attached hydrogens (tertiary/aromatic N) is 4. The number of anilines is 1. The summed E-state index contributed by atoms with van der Waals surface area (Å²) in [5.41, 5.74) is 1.54. The Balaban J connectivity index is 1.47. The Labute approximate surface area is 192 Å². The van der Waals surface area contributed by atoms with E-state index in [0.717, 1.165) is 0 Å². The Hall–Kier alpha value is -3.68. The van der Waals surface area contributed by atoms with Crippen LogP contribution < -0.4 is 9.62 Å². The van der Waals surface area contributed by atoms with Crippen molar-refractivity contribution >= 4 is 21.7 Å². The highest BCUT2D eigenvalue weighted by atomic mass is 32.2. The first-order valence-corrected chi connectivity index (χ1v) is 11.9. The summed E-state index contributed by atoms with van der Waals surface area (Å²) in [6.07, 6.45) is 3.12. The minimum absolute atomic E-state index is 0.0205. The van der Waals surface area contributed by atoms with Crippen LogP contribution in [0.1, 0.15) is 27.2 Å². The molecule has 4 rings (SSSR count). The fraction of sp³-hybridized carbons (Fsp3) is 0.261. The number of benzene rings is 1. The number of amides is 1. The number of nitriles is 1. The number of rotatable bonds is 6. The summed E-state index contributed by atoms with van der Waals surface area (Å²) in [6.45, 7) is 3.73. The molecule has 1 aliphatic rings. The summed E-state index contributed by atoms with van der Waals surface area (Å²) in [6, 6.07) is 13.5. The molecule has 0 bridgehead atoms. The topological polar surface area (TPSA) is 120 Å². The van der Waals surface area contributed by atoms with Crippen LogP contribution in [0.15, 0.2) is 64.2 Å². The number of aromatic nitrogens is 1. The van der Waals surface area contributed by atoms with Crippen molar-refractivity contribution in [3.63, 3.8) is 0 Å². The monoisotopic (exact) mass is 465 g/mol. The first kappa shape index (κ1) is 22.5. The van der Waals surface area contributed by atoms with E-state index >= 15 is 0 Å². The summed E-state index contributed by atoms with van der Waals surface area (Å²) < 4.78 is 33.1. The van der Waals surface area contributed by atoms with E-state index in [2.05, 4.69) is 15.8 Å². The smallest absolute Gasteiger partial charge is 0.254 e. The predicted octanol–water partition coefficient (Wildman–Crippen LogP) is 2.30. The highest BCUT2D eigenvalue weighted by Gasteiger charge is 2.26. The van der Waals surface area contributed by atoms with Crippen molar-refractivity contribution < 1.29 is 17.6 Å². The molecule has 1 fully saturated rings. The minimum atomic E-state index is -3.82. The van der Waals surface area contributed by atoms with Crippen LogP contribution in [0.4, 0.5) is 5.82 Å². The number of aryl methyl sites for hydroxylation is 1. The molecule has 0 aliphatic carbocycles. The molecule has 0 saturated carbocycles. The summed E-state index contributed by atoms with van der Waals surface area (Å²) >= 11 is 0. The molecule has 1 N–H and O–H groups in total. The quantitative estimate of drug-likeness (QED) is 0.593. The largest absolute Gasteiger partial charge is 0.468 e. The average molecular weight is 466 g/mol. The van der Waals surface area contributed by atoms with E-state index in [9.17, 15) is 18.5 Å². The third-order valence-corrected chi connectivity index (χ3v) is 6.94. The second kappa shape index (κ2) is 9.44. The zero-order valence-corrected chi connectivity index (χ0v) is 18.9. The number of nitrogens with one attached hydrogen (secondary N) is 1. The molecule has 0 atom stereocenters. The van der Waals surface area contributed by atoms with Gasteiger partial charge in [0.25, 0.3) is 5.91 Å². The van der Waals surface area contributed by atoms with Gasteiger partial charge in [0.1, 0.15) is 17.6 Å². The molecular weight excluding hydrogens is 442 g/mol. The van der Waals surface area contributed by atoms with Gasteiger partial charge >= 0.3 is 0 Å². The van der Waals surface area contributed by atoms with Crippen molar-refractivity contribution in [3.05, 3.63) is 77.4 Å². The SMILES string of the molecule is Cc1ccc(S(=O)(=O)NCc2ccco2)cc1C(=O)N1CCN(c2ncccc2C#N)CC1. The zero-order valence-electron chi connectivity index (χ0n) is 18.1. The molecule has 3 aromatic rings. The molecule has 1 amide bonds. The number of hydrogen-bond donors (Lipinski definition) is 1. The van der Waals surface area contributed by atoms with Gasteiger partial charge in [0.05, 0.1) is 23.3 Å². The normalized spacial score (nSPS) is 14.2. The fourth-order valence-corrected chi connectivity index (χ4v) is 4.71. The third-order valence-electron chi connectivity index (χ3n) is 5.54. The van der Waals surface area contributed by atoms with Gasteiger partial charge in [0.2, 0.25) is 10.0 Å². The first-order valence-electron chi connectivity index (χ1n) is 10.4. The lowest BCUT2D eigenvalue weighted by molar-refractivity contribution is 0.0745. The van der Waals surface area contributed by atoms with Gasteiger partial charge in [-0.05, 0) is 48.9 Å². The minimum Gasteiger partial charge on any atom is -0.468 e. The summed E-state index contributed by atoms with van der Waals surface area (Å²) in [5.74, 6) is 0.878. The number of furan rings is 1. The molecule has 1 aliphatic heterocycles. The summed E-state index contributed by atoms with van der Waals surface area (Å²) in [5, 5.41) is 9.31. The number of sulfonamides is 1. The third kappa shape index (κ3) is 4.89. The van der Waals surface area contributed by atoms with Crippen molar-refractivity contribution in [2.75, 3.05) is 31.1 Å². The van der Waals surface area contributed by atoms with Crippen molar-refractivity contribution in [2.45, 2.75) is 18.4 Å². The van der Waals surface area contributed by atoms with Crippen LogP contribution in [-0.4, -0.2) is 50.4 Å². The number of piperazine rings is 1. The highest BCUT2D eigenvalue weighted by Crippen LogP contribution is 2.21. The van der Waals surface area contributed by atoms with Crippen LogP contribution in [0.3, 0.4) is 0 Å². The molecule has 170 valence electrons. The van der Waals surface area contributed by atoms with Crippen molar-refractivity contribution in [2.24, 2.45) is 0 Å². The van der Waals surface area contributed by atoms with Gasteiger partial charge in [-0.25, -0.2) is 18.1 Å². The Kier molecular flexibility index (Phi) is 6.44. The molecule has 0 spiro atoms. The molecule has 3 heterocycles. The average Bonchev–Trinajstić information content (AvgIpc) is 3.36. The maximum atomic E-state index is 13.2. The maximum absolute atomic E-state index is 13.2. The molecule has 0 radical (unpaired) electrons. The number of carbonyl (C=O) groups excluding carboxylic acids is 1. The van der Waals surface area contributed by atoms with Crippen LogP contribution >= 0.6 is 0 Å². The van der Waals surface area contributed by atoms with Gasteiger partial charge in [-0.2, -0.15) is 5.26 Å². The van der Waals surface area contributed by atoms with E-state index in [1.54, 1.807) is 48.4 Å². The lowest BCUT2D eigenvalue weighted by Crippen LogP contribution is -2.49. The summed E-state index contributed by atoms with van der Waals surface area (Å²) in [4.78, 5) is 21.2. The van der Waals surface area contributed by atoms with Crippen molar-refractivity contribution in [1.82, 2.24) is 14.6 Å². The Morgan fingerprint density at radius 2 is 1.97 bits per heavy atom. The van der Waals surface area contributed by atoms with E-state index < -0.39 is 10.0 Å². The van der Waals surface area contributed by atoms with Gasteiger partial charge in [-0.3, -0.25) is 4.79 Å².